The third kappa shape index (κ3) is 1.86. The summed E-state index contributed by atoms with van der Waals surface area (Å²) < 4.78 is 0. The smallest absolute Gasteiger partial charge is 0.237 e. The number of amides is 1. The Morgan fingerprint density at radius 3 is 2.69 bits per heavy atom. The van der Waals surface area contributed by atoms with E-state index in [0.717, 1.165) is 30.0 Å². The summed E-state index contributed by atoms with van der Waals surface area (Å²) in [5.74, 6) is 0.135. The van der Waals surface area contributed by atoms with E-state index in [-0.39, 0.29) is 11.3 Å². The first-order valence-electron chi connectivity index (χ1n) is 6.00. The average Bonchev–Trinajstić information content (AvgIpc) is 2.85. The summed E-state index contributed by atoms with van der Waals surface area (Å²) in [6, 6.07) is 0. The number of fused-ring (bicyclic) bond motifs is 1. The second-order valence-electron chi connectivity index (χ2n) is 3.67. The van der Waals surface area contributed by atoms with Gasteiger partial charge in [-0.15, -0.1) is 11.3 Å². The molecule has 0 radical (unpaired) electrons. The van der Waals surface area contributed by atoms with Crippen molar-refractivity contribution < 1.29 is 4.79 Å². The molecule has 1 amide bonds. The van der Waals surface area contributed by atoms with Crippen LogP contribution in [0.2, 0.25) is 0 Å². The Kier molecular flexibility index (Phi) is 4.47. The summed E-state index contributed by atoms with van der Waals surface area (Å²) in [6.07, 6.45) is 2.74. The Balaban J connectivity index is 0.000000606. The predicted molar refractivity (Wildman–Crippen MR) is 69.0 cm³/mol. The molecule has 3 nitrogen and oxygen atoms in total. The third-order valence-corrected chi connectivity index (χ3v) is 3.70. The zero-order valence-corrected chi connectivity index (χ0v) is 11.3. The SMILES string of the molecule is CC.CCCC1(CC)C(=O)Nc2scnc21. The van der Waals surface area contributed by atoms with E-state index in [1.807, 2.05) is 19.4 Å². The molecule has 1 unspecified atom stereocenters. The highest BCUT2D eigenvalue weighted by Gasteiger charge is 2.46. The number of anilines is 1. The second kappa shape index (κ2) is 5.43. The van der Waals surface area contributed by atoms with Crippen molar-refractivity contribution in [1.82, 2.24) is 4.98 Å². The van der Waals surface area contributed by atoms with Crippen LogP contribution in [-0.4, -0.2) is 10.9 Å². The standard InChI is InChI=1S/C10H14N2OS.C2H6/c1-3-5-10(4-2)7-8(12-9(10)13)14-6-11-7;1-2/h6H,3-5H2,1-2H3,(H,12,13);1-2H3. The van der Waals surface area contributed by atoms with Crippen LogP contribution < -0.4 is 5.32 Å². The van der Waals surface area contributed by atoms with Crippen LogP contribution in [-0.2, 0) is 10.2 Å². The van der Waals surface area contributed by atoms with Crippen LogP contribution in [0.5, 0.6) is 0 Å². The molecule has 1 aliphatic heterocycles. The lowest BCUT2D eigenvalue weighted by Gasteiger charge is -2.23. The van der Waals surface area contributed by atoms with Crippen LogP contribution in [0, 0.1) is 0 Å². The average molecular weight is 240 g/mol. The number of carbonyl (C=O) groups is 1. The number of nitrogens with zero attached hydrogens (tertiary/aromatic N) is 1. The van der Waals surface area contributed by atoms with Gasteiger partial charge in [0.25, 0.3) is 0 Å². The van der Waals surface area contributed by atoms with Gasteiger partial charge in [0.1, 0.15) is 5.00 Å². The van der Waals surface area contributed by atoms with Crippen molar-refractivity contribution >= 4 is 22.2 Å². The predicted octanol–water partition coefficient (Wildman–Crippen LogP) is 3.57. The van der Waals surface area contributed by atoms with E-state index in [1.165, 1.54) is 11.3 Å². The van der Waals surface area contributed by atoms with Crippen LogP contribution in [0.3, 0.4) is 0 Å². The minimum absolute atomic E-state index is 0.135. The Morgan fingerprint density at radius 2 is 2.12 bits per heavy atom. The molecule has 0 saturated carbocycles. The number of aromatic nitrogens is 1. The van der Waals surface area contributed by atoms with E-state index in [2.05, 4.69) is 24.1 Å². The monoisotopic (exact) mass is 240 g/mol. The fourth-order valence-electron chi connectivity index (χ4n) is 2.17. The van der Waals surface area contributed by atoms with Crippen molar-refractivity contribution in [3.8, 4) is 0 Å². The van der Waals surface area contributed by atoms with Gasteiger partial charge in [-0.2, -0.15) is 0 Å². The normalized spacial score (nSPS) is 22.1. The van der Waals surface area contributed by atoms with Crippen molar-refractivity contribution in [2.24, 2.45) is 0 Å². The first-order valence-corrected chi connectivity index (χ1v) is 6.88. The Labute approximate surface area is 101 Å². The summed E-state index contributed by atoms with van der Waals surface area (Å²) in [5, 5.41) is 3.87. The molecule has 1 atom stereocenters. The quantitative estimate of drug-likeness (QED) is 0.877. The Hall–Kier alpha value is -0.900. The number of hydrogen-bond acceptors (Lipinski definition) is 3. The zero-order chi connectivity index (χ0) is 12.2. The lowest BCUT2D eigenvalue weighted by atomic mass is 9.79. The van der Waals surface area contributed by atoms with Gasteiger partial charge in [0, 0.05) is 0 Å². The van der Waals surface area contributed by atoms with Gasteiger partial charge in [-0.3, -0.25) is 4.79 Å². The van der Waals surface area contributed by atoms with E-state index in [1.54, 1.807) is 0 Å². The highest BCUT2D eigenvalue weighted by Crippen LogP contribution is 2.44. The first-order chi connectivity index (χ1) is 7.74. The van der Waals surface area contributed by atoms with Crippen molar-refractivity contribution in [3.63, 3.8) is 0 Å². The molecule has 16 heavy (non-hydrogen) atoms. The minimum atomic E-state index is -0.343. The minimum Gasteiger partial charge on any atom is -0.315 e. The molecule has 0 aromatic carbocycles. The molecule has 0 bridgehead atoms. The number of carbonyl (C=O) groups excluding carboxylic acids is 1. The molecule has 2 heterocycles. The summed E-state index contributed by atoms with van der Waals surface area (Å²) in [5.41, 5.74) is 2.44. The third-order valence-electron chi connectivity index (χ3n) is 2.96. The Bertz CT molecular complexity index is 362. The van der Waals surface area contributed by atoms with Gasteiger partial charge in [-0.25, -0.2) is 4.98 Å². The van der Waals surface area contributed by atoms with Crippen molar-refractivity contribution in [2.75, 3.05) is 5.32 Å². The molecule has 0 saturated heterocycles. The molecule has 0 fully saturated rings. The summed E-state index contributed by atoms with van der Waals surface area (Å²) in [7, 11) is 0. The van der Waals surface area contributed by atoms with Crippen molar-refractivity contribution in [1.29, 1.82) is 0 Å². The summed E-state index contributed by atoms with van der Waals surface area (Å²) in [4.78, 5) is 16.2. The molecular formula is C12H20N2OS. The molecular weight excluding hydrogens is 220 g/mol. The van der Waals surface area contributed by atoms with E-state index in [9.17, 15) is 4.79 Å². The second-order valence-corrected chi connectivity index (χ2v) is 4.52. The van der Waals surface area contributed by atoms with Gasteiger partial charge >= 0.3 is 0 Å². The molecule has 1 N–H and O–H groups in total. The Morgan fingerprint density at radius 1 is 1.44 bits per heavy atom. The summed E-state index contributed by atoms with van der Waals surface area (Å²) >= 11 is 1.52. The fourth-order valence-corrected chi connectivity index (χ4v) is 2.94. The zero-order valence-electron chi connectivity index (χ0n) is 10.5. The fraction of sp³-hybridized carbons (Fsp3) is 0.667. The van der Waals surface area contributed by atoms with E-state index >= 15 is 0 Å². The van der Waals surface area contributed by atoms with Gasteiger partial charge in [0.05, 0.1) is 16.6 Å². The maximum atomic E-state index is 11.9. The molecule has 0 aliphatic carbocycles. The molecule has 0 spiro atoms. The number of rotatable bonds is 3. The van der Waals surface area contributed by atoms with Crippen molar-refractivity contribution in [2.45, 2.75) is 52.4 Å². The molecule has 1 aromatic heterocycles. The highest BCUT2D eigenvalue weighted by molar-refractivity contribution is 7.14. The lowest BCUT2D eigenvalue weighted by Crippen LogP contribution is -2.34. The van der Waals surface area contributed by atoms with Crippen LogP contribution >= 0.6 is 11.3 Å². The van der Waals surface area contributed by atoms with E-state index in [4.69, 9.17) is 0 Å². The number of hydrogen-bond donors (Lipinski definition) is 1. The topological polar surface area (TPSA) is 42.0 Å². The molecule has 1 aliphatic rings. The molecule has 2 rings (SSSR count). The maximum absolute atomic E-state index is 11.9. The molecule has 90 valence electrons. The maximum Gasteiger partial charge on any atom is 0.237 e. The summed E-state index contributed by atoms with van der Waals surface area (Å²) in [6.45, 7) is 8.17. The van der Waals surface area contributed by atoms with E-state index < -0.39 is 0 Å². The van der Waals surface area contributed by atoms with Crippen LogP contribution in [0.25, 0.3) is 0 Å². The first kappa shape index (κ1) is 13.2. The van der Waals surface area contributed by atoms with Gasteiger partial charge in [0.2, 0.25) is 5.91 Å². The van der Waals surface area contributed by atoms with Crippen molar-refractivity contribution in [3.05, 3.63) is 11.2 Å². The van der Waals surface area contributed by atoms with Crippen LogP contribution in [0.4, 0.5) is 5.00 Å². The number of nitrogens with one attached hydrogen (secondary N) is 1. The van der Waals surface area contributed by atoms with Crippen LogP contribution in [0.1, 0.15) is 52.7 Å². The van der Waals surface area contributed by atoms with Gasteiger partial charge in [-0.1, -0.05) is 34.1 Å². The largest absolute Gasteiger partial charge is 0.315 e. The molecule has 4 heteroatoms. The molecule has 1 aromatic rings. The van der Waals surface area contributed by atoms with Gasteiger partial charge < -0.3 is 5.32 Å². The van der Waals surface area contributed by atoms with Crippen LogP contribution in [0.15, 0.2) is 5.51 Å². The van der Waals surface area contributed by atoms with Gasteiger partial charge in [-0.05, 0) is 12.8 Å². The van der Waals surface area contributed by atoms with E-state index in [0.29, 0.717) is 0 Å². The lowest BCUT2D eigenvalue weighted by molar-refractivity contribution is -0.121. The van der Waals surface area contributed by atoms with Gasteiger partial charge in [0.15, 0.2) is 0 Å². The highest BCUT2D eigenvalue weighted by atomic mass is 32.1. The number of thiazole rings is 1.